The number of Topliss-reactive ketones (excluding diaryl/α,β-unsaturated/α-hetero) is 1. The molecule has 22 heavy (non-hydrogen) atoms. The first-order chi connectivity index (χ1) is 10.5. The minimum Gasteiger partial charge on any atom is -0.354 e. The second-order valence-corrected chi connectivity index (χ2v) is 5.39. The lowest BCUT2D eigenvalue weighted by Crippen LogP contribution is -2.41. The molecule has 2 rings (SSSR count). The van der Waals surface area contributed by atoms with Crippen molar-refractivity contribution < 1.29 is 19.2 Å². The highest BCUT2D eigenvalue weighted by atomic mass is 16.2. The molecule has 1 fully saturated rings. The third kappa shape index (κ3) is 3.69. The Kier molecular flexibility index (Phi) is 5.24. The van der Waals surface area contributed by atoms with E-state index in [1.165, 1.54) is 0 Å². The third-order valence-corrected chi connectivity index (χ3v) is 3.68. The molecule has 2 heterocycles. The first-order valence-corrected chi connectivity index (χ1v) is 7.49. The van der Waals surface area contributed by atoms with Crippen LogP contribution in [-0.4, -0.2) is 53.2 Å². The Labute approximate surface area is 128 Å². The van der Waals surface area contributed by atoms with E-state index in [9.17, 15) is 19.2 Å². The molecule has 2 aliphatic heterocycles. The number of nitrogens with zero attached hydrogens (tertiary/aromatic N) is 2. The van der Waals surface area contributed by atoms with Crippen LogP contribution < -0.4 is 10.7 Å². The minimum atomic E-state index is -0.569. The number of carbonyl (C=O) groups is 4. The number of carbonyl (C=O) groups excluding carboxylic acids is 4. The average molecular weight is 308 g/mol. The predicted octanol–water partition coefficient (Wildman–Crippen LogP) is -0.661. The Hall–Kier alpha value is -2.25. The molecule has 0 aromatic heterocycles. The molecule has 3 amide bonds. The van der Waals surface area contributed by atoms with Crippen LogP contribution in [-0.2, 0) is 19.2 Å². The number of rotatable bonds is 7. The van der Waals surface area contributed by atoms with Gasteiger partial charge in [0.05, 0.1) is 6.54 Å². The highest BCUT2D eigenvalue weighted by Gasteiger charge is 2.34. The molecule has 1 saturated heterocycles. The van der Waals surface area contributed by atoms with Crippen LogP contribution >= 0.6 is 0 Å². The highest BCUT2D eigenvalue weighted by Crippen LogP contribution is 2.13. The molecule has 0 spiro atoms. The fourth-order valence-corrected chi connectivity index (χ4v) is 2.31. The number of nitrogens with one attached hydrogen (secondary N) is 2. The first kappa shape index (κ1) is 16.1. The minimum absolute atomic E-state index is 0.152. The molecule has 0 bridgehead atoms. The topological polar surface area (TPSA) is 108 Å². The summed E-state index contributed by atoms with van der Waals surface area (Å²) in [6.45, 7) is 2.33. The number of ketones is 1. The highest BCUT2D eigenvalue weighted by molar-refractivity contribution is 6.42. The van der Waals surface area contributed by atoms with Crippen molar-refractivity contribution in [2.75, 3.05) is 13.1 Å². The standard InChI is InChI=1S/C14H20N4O4/c1-2-3-6-15-14(22)10-7-9(16-17-10)11(19)8-18-12(20)4-5-13(18)21/h10,17H,2-8H2,1H3,(H,15,22). The Morgan fingerprint density at radius 3 is 2.64 bits per heavy atom. The van der Waals surface area contributed by atoms with Crippen molar-refractivity contribution in [1.29, 1.82) is 0 Å². The molecule has 0 aromatic rings. The second kappa shape index (κ2) is 7.15. The van der Waals surface area contributed by atoms with Crippen LogP contribution in [0.25, 0.3) is 0 Å². The number of unbranched alkanes of at least 4 members (excludes halogenated alkanes) is 1. The van der Waals surface area contributed by atoms with Crippen molar-refractivity contribution in [2.45, 2.75) is 45.1 Å². The summed E-state index contributed by atoms with van der Waals surface area (Å²) in [7, 11) is 0. The van der Waals surface area contributed by atoms with E-state index in [0.29, 0.717) is 6.54 Å². The molecule has 0 aliphatic carbocycles. The van der Waals surface area contributed by atoms with Gasteiger partial charge in [-0.2, -0.15) is 5.10 Å². The Morgan fingerprint density at radius 1 is 1.32 bits per heavy atom. The Morgan fingerprint density at radius 2 is 2.00 bits per heavy atom. The third-order valence-electron chi connectivity index (χ3n) is 3.68. The molecule has 0 radical (unpaired) electrons. The Bertz CT molecular complexity index is 513. The van der Waals surface area contributed by atoms with E-state index < -0.39 is 11.8 Å². The summed E-state index contributed by atoms with van der Waals surface area (Å²) < 4.78 is 0. The summed E-state index contributed by atoms with van der Waals surface area (Å²) in [5.74, 6) is -1.27. The maximum atomic E-state index is 12.1. The van der Waals surface area contributed by atoms with Crippen LogP contribution in [0, 0.1) is 0 Å². The summed E-state index contributed by atoms with van der Waals surface area (Å²) in [6.07, 6.45) is 2.35. The van der Waals surface area contributed by atoms with Gasteiger partial charge in [-0.05, 0) is 6.42 Å². The normalized spacial score (nSPS) is 20.9. The van der Waals surface area contributed by atoms with Crippen LogP contribution in [0.15, 0.2) is 5.10 Å². The van der Waals surface area contributed by atoms with Crippen LogP contribution in [0.3, 0.4) is 0 Å². The van der Waals surface area contributed by atoms with E-state index in [1.54, 1.807) is 0 Å². The average Bonchev–Trinajstić information content (AvgIpc) is 3.10. The summed E-state index contributed by atoms with van der Waals surface area (Å²) in [6, 6.07) is -0.569. The van der Waals surface area contributed by atoms with E-state index >= 15 is 0 Å². The monoisotopic (exact) mass is 308 g/mol. The van der Waals surface area contributed by atoms with Gasteiger partial charge in [0.15, 0.2) is 5.78 Å². The number of hydrazone groups is 1. The van der Waals surface area contributed by atoms with Crippen molar-refractivity contribution in [3.05, 3.63) is 0 Å². The summed E-state index contributed by atoms with van der Waals surface area (Å²) in [5, 5.41) is 6.63. The molecule has 2 aliphatic rings. The zero-order chi connectivity index (χ0) is 16.1. The summed E-state index contributed by atoms with van der Waals surface area (Å²) in [4.78, 5) is 47.9. The van der Waals surface area contributed by atoms with Gasteiger partial charge in [-0.3, -0.25) is 29.5 Å². The number of amides is 3. The van der Waals surface area contributed by atoms with Crippen molar-refractivity contribution in [2.24, 2.45) is 5.10 Å². The molecule has 8 nitrogen and oxygen atoms in total. The van der Waals surface area contributed by atoms with Gasteiger partial charge >= 0.3 is 0 Å². The molecule has 120 valence electrons. The van der Waals surface area contributed by atoms with E-state index in [4.69, 9.17) is 0 Å². The van der Waals surface area contributed by atoms with Crippen molar-refractivity contribution in [3.63, 3.8) is 0 Å². The predicted molar refractivity (Wildman–Crippen MR) is 77.9 cm³/mol. The lowest BCUT2D eigenvalue weighted by atomic mass is 10.1. The van der Waals surface area contributed by atoms with Gasteiger partial charge in [0.25, 0.3) is 0 Å². The number of likely N-dealkylation sites (tertiary alicyclic amines) is 1. The molecule has 0 aromatic carbocycles. The van der Waals surface area contributed by atoms with Gasteiger partial charge < -0.3 is 5.32 Å². The fraction of sp³-hybridized carbons (Fsp3) is 0.643. The zero-order valence-electron chi connectivity index (χ0n) is 12.6. The van der Waals surface area contributed by atoms with Gasteiger partial charge in [-0.15, -0.1) is 0 Å². The fourth-order valence-electron chi connectivity index (χ4n) is 2.31. The number of hydrogen-bond acceptors (Lipinski definition) is 6. The molecule has 1 atom stereocenters. The largest absolute Gasteiger partial charge is 0.354 e. The van der Waals surface area contributed by atoms with E-state index in [-0.39, 0.29) is 49.2 Å². The zero-order valence-corrected chi connectivity index (χ0v) is 12.6. The first-order valence-electron chi connectivity index (χ1n) is 7.49. The molecule has 0 saturated carbocycles. The number of hydrogen-bond donors (Lipinski definition) is 2. The van der Waals surface area contributed by atoms with Gasteiger partial charge in [-0.1, -0.05) is 13.3 Å². The van der Waals surface area contributed by atoms with E-state index in [0.717, 1.165) is 17.7 Å². The molecule has 2 N–H and O–H groups in total. The van der Waals surface area contributed by atoms with Crippen LogP contribution in [0.1, 0.15) is 39.0 Å². The summed E-state index contributed by atoms with van der Waals surface area (Å²) in [5.41, 5.74) is 2.83. The van der Waals surface area contributed by atoms with E-state index in [2.05, 4.69) is 15.8 Å². The van der Waals surface area contributed by atoms with Gasteiger partial charge in [0, 0.05) is 25.8 Å². The van der Waals surface area contributed by atoms with Crippen LogP contribution in [0.2, 0.25) is 0 Å². The molecule has 8 heteroatoms. The van der Waals surface area contributed by atoms with Gasteiger partial charge in [0.1, 0.15) is 11.8 Å². The Balaban J connectivity index is 1.82. The SMILES string of the molecule is CCCCNC(=O)C1CC(C(=O)CN2C(=O)CCC2=O)=NN1. The van der Waals surface area contributed by atoms with Crippen molar-refractivity contribution >= 4 is 29.2 Å². The van der Waals surface area contributed by atoms with Crippen molar-refractivity contribution in [1.82, 2.24) is 15.6 Å². The van der Waals surface area contributed by atoms with E-state index in [1.807, 2.05) is 6.92 Å². The van der Waals surface area contributed by atoms with Crippen LogP contribution in [0.4, 0.5) is 0 Å². The maximum Gasteiger partial charge on any atom is 0.244 e. The molecule has 1 unspecified atom stereocenters. The van der Waals surface area contributed by atoms with Crippen molar-refractivity contribution in [3.8, 4) is 0 Å². The van der Waals surface area contributed by atoms with Crippen LogP contribution in [0.5, 0.6) is 0 Å². The number of imide groups is 1. The molecular formula is C14H20N4O4. The second-order valence-electron chi connectivity index (χ2n) is 5.39. The lowest BCUT2D eigenvalue weighted by Gasteiger charge is -2.12. The smallest absolute Gasteiger partial charge is 0.244 e. The molecular weight excluding hydrogens is 288 g/mol. The lowest BCUT2D eigenvalue weighted by molar-refractivity contribution is -0.140. The van der Waals surface area contributed by atoms with Gasteiger partial charge in [-0.25, -0.2) is 0 Å². The van der Waals surface area contributed by atoms with Gasteiger partial charge in [0.2, 0.25) is 17.7 Å². The summed E-state index contributed by atoms with van der Waals surface area (Å²) >= 11 is 0. The maximum absolute atomic E-state index is 12.1. The quantitative estimate of drug-likeness (QED) is 0.479.